The highest BCUT2D eigenvalue weighted by molar-refractivity contribution is 9.10. The summed E-state index contributed by atoms with van der Waals surface area (Å²) in [5, 5.41) is 1.04. The Kier molecular flexibility index (Phi) is 4.83. The van der Waals surface area contributed by atoms with Crippen molar-refractivity contribution in [3.05, 3.63) is 82.5 Å². The molecule has 23 heavy (non-hydrogen) atoms. The fourth-order valence-corrected chi connectivity index (χ4v) is 2.70. The smallest absolute Gasteiger partial charge is 0.331 e. The second-order valence-electron chi connectivity index (χ2n) is 4.99. The average molecular weight is 368 g/mol. The van der Waals surface area contributed by atoms with Crippen molar-refractivity contribution in [2.45, 2.75) is 6.61 Å². The van der Waals surface area contributed by atoms with Gasteiger partial charge in [-0.25, -0.2) is 4.79 Å². The molecule has 0 spiro atoms. The quantitative estimate of drug-likeness (QED) is 0.493. The van der Waals surface area contributed by atoms with Crippen molar-refractivity contribution in [3.63, 3.8) is 0 Å². The van der Waals surface area contributed by atoms with Gasteiger partial charge in [0.2, 0.25) is 0 Å². The lowest BCUT2D eigenvalue weighted by Gasteiger charge is -2.03. The normalized spacial score (nSPS) is 11.0. The van der Waals surface area contributed by atoms with Crippen molar-refractivity contribution < 1.29 is 9.53 Å². The maximum Gasteiger partial charge on any atom is 0.331 e. The van der Waals surface area contributed by atoms with E-state index in [4.69, 9.17) is 4.74 Å². The number of ether oxygens (including phenoxy) is 1. The number of hydrogen-bond donors (Lipinski definition) is 0. The molecule has 2 aromatic carbocycles. The topological polar surface area (TPSA) is 39.2 Å². The summed E-state index contributed by atoms with van der Waals surface area (Å²) in [7, 11) is 0. The predicted molar refractivity (Wildman–Crippen MR) is 94.7 cm³/mol. The summed E-state index contributed by atoms with van der Waals surface area (Å²) in [4.78, 5) is 16.2. The van der Waals surface area contributed by atoms with Gasteiger partial charge in [0.25, 0.3) is 0 Å². The first kappa shape index (κ1) is 15.4. The monoisotopic (exact) mass is 367 g/mol. The van der Waals surface area contributed by atoms with Gasteiger partial charge in [-0.15, -0.1) is 0 Å². The molecule has 0 saturated carbocycles. The predicted octanol–water partition coefficient (Wildman–Crippen LogP) is 4.75. The molecule has 3 nitrogen and oxygen atoms in total. The fraction of sp³-hybridized carbons (Fsp3) is 0.0526. The van der Waals surface area contributed by atoms with Crippen LogP contribution in [0.4, 0.5) is 0 Å². The van der Waals surface area contributed by atoms with Crippen LogP contribution in [0.15, 0.2) is 71.3 Å². The van der Waals surface area contributed by atoms with E-state index in [1.165, 1.54) is 6.08 Å². The van der Waals surface area contributed by atoms with Crippen molar-refractivity contribution in [1.29, 1.82) is 0 Å². The van der Waals surface area contributed by atoms with E-state index in [-0.39, 0.29) is 12.6 Å². The molecule has 0 aliphatic carbocycles. The molecule has 0 amide bonds. The second-order valence-corrected chi connectivity index (χ2v) is 5.91. The number of halogens is 1. The molecule has 0 unspecified atom stereocenters. The Morgan fingerprint density at radius 3 is 2.83 bits per heavy atom. The number of nitrogens with zero attached hydrogens (tertiary/aromatic N) is 1. The van der Waals surface area contributed by atoms with Crippen LogP contribution in [0.1, 0.15) is 11.1 Å². The van der Waals surface area contributed by atoms with Crippen LogP contribution in [0, 0.1) is 0 Å². The lowest BCUT2D eigenvalue weighted by molar-refractivity contribution is -0.138. The molecule has 1 heterocycles. The summed E-state index contributed by atoms with van der Waals surface area (Å²) in [5.74, 6) is -0.377. The number of pyridine rings is 1. The van der Waals surface area contributed by atoms with Gasteiger partial charge >= 0.3 is 5.97 Å². The van der Waals surface area contributed by atoms with Crippen molar-refractivity contribution in [1.82, 2.24) is 4.98 Å². The molecule has 0 atom stereocenters. The highest BCUT2D eigenvalue weighted by Crippen LogP contribution is 2.17. The van der Waals surface area contributed by atoms with E-state index in [2.05, 4.69) is 20.9 Å². The average Bonchev–Trinajstić information content (AvgIpc) is 2.58. The zero-order valence-corrected chi connectivity index (χ0v) is 13.9. The van der Waals surface area contributed by atoms with Crippen molar-refractivity contribution in [2.75, 3.05) is 0 Å². The molecule has 3 rings (SSSR count). The summed E-state index contributed by atoms with van der Waals surface area (Å²) in [5.41, 5.74) is 2.70. The third kappa shape index (κ3) is 4.05. The van der Waals surface area contributed by atoms with Crippen LogP contribution in [0.25, 0.3) is 17.0 Å². The number of benzene rings is 2. The SMILES string of the molecule is O=C(/C=C/c1cccc2cccnc12)OCc1cccc(Br)c1. The zero-order chi connectivity index (χ0) is 16.1. The molecule has 0 saturated heterocycles. The summed E-state index contributed by atoms with van der Waals surface area (Å²) in [6.07, 6.45) is 4.91. The second kappa shape index (κ2) is 7.20. The van der Waals surface area contributed by atoms with Crippen LogP contribution in [0.2, 0.25) is 0 Å². The molecule has 0 aliphatic heterocycles. The third-order valence-electron chi connectivity index (χ3n) is 3.33. The number of esters is 1. The lowest BCUT2D eigenvalue weighted by Crippen LogP contribution is -2.00. The number of aromatic nitrogens is 1. The van der Waals surface area contributed by atoms with E-state index in [0.29, 0.717) is 0 Å². The van der Waals surface area contributed by atoms with Crippen molar-refractivity contribution in [3.8, 4) is 0 Å². The van der Waals surface area contributed by atoms with Crippen LogP contribution in [0.5, 0.6) is 0 Å². The van der Waals surface area contributed by atoms with Crippen molar-refractivity contribution in [2.24, 2.45) is 0 Å². The highest BCUT2D eigenvalue weighted by atomic mass is 79.9. The van der Waals surface area contributed by atoms with E-state index in [1.807, 2.05) is 54.6 Å². The van der Waals surface area contributed by atoms with Crippen LogP contribution >= 0.6 is 15.9 Å². The van der Waals surface area contributed by atoms with Gasteiger partial charge in [-0.05, 0) is 29.8 Å². The molecule has 0 fully saturated rings. The standard InChI is InChI=1S/C19H14BrNO2/c20-17-8-1-4-14(12-17)13-23-18(22)10-9-16-6-2-5-15-7-3-11-21-19(15)16/h1-12H,13H2/b10-9+. The van der Waals surface area contributed by atoms with E-state index >= 15 is 0 Å². The minimum Gasteiger partial charge on any atom is -0.458 e. The number of carbonyl (C=O) groups is 1. The number of rotatable bonds is 4. The van der Waals surface area contributed by atoms with Crippen LogP contribution in [0.3, 0.4) is 0 Å². The highest BCUT2D eigenvalue weighted by Gasteiger charge is 2.02. The van der Waals surface area contributed by atoms with Gasteiger partial charge in [0.15, 0.2) is 0 Å². The van der Waals surface area contributed by atoms with Gasteiger partial charge in [-0.3, -0.25) is 4.98 Å². The summed E-state index contributed by atoms with van der Waals surface area (Å²) in [6, 6.07) is 17.4. The first-order chi connectivity index (χ1) is 11.2. The molecule has 0 radical (unpaired) electrons. The van der Waals surface area contributed by atoms with Crippen LogP contribution in [-0.2, 0) is 16.1 Å². The Hall–Kier alpha value is -2.46. The number of fused-ring (bicyclic) bond motifs is 1. The minimum atomic E-state index is -0.377. The summed E-state index contributed by atoms with van der Waals surface area (Å²) >= 11 is 3.39. The number of carbonyl (C=O) groups excluding carboxylic acids is 1. The molecule has 4 heteroatoms. The lowest BCUT2D eigenvalue weighted by atomic mass is 10.1. The molecule has 3 aromatic rings. The van der Waals surface area contributed by atoms with E-state index in [1.54, 1.807) is 12.3 Å². The summed E-state index contributed by atoms with van der Waals surface area (Å²) < 4.78 is 6.21. The maximum absolute atomic E-state index is 11.9. The minimum absolute atomic E-state index is 0.246. The van der Waals surface area contributed by atoms with Gasteiger partial charge in [0.05, 0.1) is 5.52 Å². The number of hydrogen-bond acceptors (Lipinski definition) is 3. The van der Waals surface area contributed by atoms with Gasteiger partial charge in [0, 0.05) is 27.7 Å². The largest absolute Gasteiger partial charge is 0.458 e. The Morgan fingerprint density at radius 2 is 1.96 bits per heavy atom. The van der Waals surface area contributed by atoms with Crippen LogP contribution < -0.4 is 0 Å². The first-order valence-corrected chi connectivity index (χ1v) is 7.95. The Balaban J connectivity index is 1.68. The Bertz CT molecular complexity index is 869. The molecule has 0 aliphatic rings. The van der Waals surface area contributed by atoms with Gasteiger partial charge in [-0.2, -0.15) is 0 Å². The molecule has 0 bridgehead atoms. The van der Waals surface area contributed by atoms with Crippen LogP contribution in [-0.4, -0.2) is 11.0 Å². The fourth-order valence-electron chi connectivity index (χ4n) is 2.25. The molecule has 1 aromatic heterocycles. The number of para-hydroxylation sites is 1. The van der Waals surface area contributed by atoms with E-state index in [9.17, 15) is 4.79 Å². The van der Waals surface area contributed by atoms with E-state index < -0.39 is 0 Å². The third-order valence-corrected chi connectivity index (χ3v) is 3.83. The Morgan fingerprint density at radius 1 is 1.13 bits per heavy atom. The van der Waals surface area contributed by atoms with Crippen molar-refractivity contribution >= 4 is 38.9 Å². The van der Waals surface area contributed by atoms with Gasteiger partial charge in [0.1, 0.15) is 6.61 Å². The Labute approximate surface area is 142 Å². The first-order valence-electron chi connectivity index (χ1n) is 7.15. The maximum atomic E-state index is 11.9. The summed E-state index contributed by atoms with van der Waals surface area (Å²) in [6.45, 7) is 0.246. The molecular formula is C19H14BrNO2. The molecule has 0 N–H and O–H groups in total. The van der Waals surface area contributed by atoms with Gasteiger partial charge in [-0.1, -0.05) is 52.3 Å². The van der Waals surface area contributed by atoms with E-state index in [0.717, 1.165) is 26.5 Å². The molecular weight excluding hydrogens is 354 g/mol. The van der Waals surface area contributed by atoms with Gasteiger partial charge < -0.3 is 4.74 Å². The molecule has 114 valence electrons. The zero-order valence-electron chi connectivity index (χ0n) is 12.3.